The van der Waals surface area contributed by atoms with Crippen molar-refractivity contribution in [1.29, 1.82) is 0 Å². The van der Waals surface area contributed by atoms with Gasteiger partial charge >= 0.3 is 6.18 Å². The molecule has 0 fully saturated rings. The van der Waals surface area contributed by atoms with Gasteiger partial charge < -0.3 is 5.32 Å². The van der Waals surface area contributed by atoms with Gasteiger partial charge in [0.15, 0.2) is 5.69 Å². The lowest BCUT2D eigenvalue weighted by Crippen LogP contribution is -2.16. The van der Waals surface area contributed by atoms with E-state index in [9.17, 15) is 18.0 Å². The Morgan fingerprint density at radius 3 is 2.47 bits per heavy atom. The number of alkyl halides is 3. The van der Waals surface area contributed by atoms with Gasteiger partial charge in [-0.05, 0) is 44.5 Å². The van der Waals surface area contributed by atoms with Crippen molar-refractivity contribution in [3.05, 3.63) is 63.7 Å². The maximum Gasteiger partial charge on any atom is 0.436 e. The summed E-state index contributed by atoms with van der Waals surface area (Å²) in [6.45, 7) is 5.88. The standard InChI is InChI=1S/C20H21ClF3N5O/c1-12-9-13(2)29(26-12)11-15-5-4-6-16(10-15)25-17(30)7-8-28-14(3)18(21)19(27-28)20(22,23)24/h4-6,9-10H,7-8,11H2,1-3H3,(H,25,30). The van der Waals surface area contributed by atoms with E-state index in [0.29, 0.717) is 12.2 Å². The van der Waals surface area contributed by atoms with Crippen molar-refractivity contribution in [2.45, 2.75) is 46.5 Å². The van der Waals surface area contributed by atoms with Crippen LogP contribution in [0.1, 0.15) is 34.8 Å². The van der Waals surface area contributed by atoms with Crippen molar-refractivity contribution < 1.29 is 18.0 Å². The molecule has 0 aliphatic rings. The van der Waals surface area contributed by atoms with Gasteiger partial charge in [-0.25, -0.2) is 0 Å². The molecule has 6 nitrogen and oxygen atoms in total. The van der Waals surface area contributed by atoms with E-state index in [0.717, 1.165) is 21.6 Å². The Hall–Kier alpha value is -2.81. The number of hydrogen-bond donors (Lipinski definition) is 1. The van der Waals surface area contributed by atoms with Crippen LogP contribution in [0.25, 0.3) is 0 Å². The molecule has 0 bridgehead atoms. The number of rotatable bonds is 6. The van der Waals surface area contributed by atoms with Gasteiger partial charge in [0.2, 0.25) is 5.91 Å². The van der Waals surface area contributed by atoms with Crippen LogP contribution in [-0.4, -0.2) is 25.5 Å². The third-order valence-electron chi connectivity index (χ3n) is 4.60. The van der Waals surface area contributed by atoms with Crippen molar-refractivity contribution in [3.8, 4) is 0 Å². The molecule has 0 aliphatic carbocycles. The Kier molecular flexibility index (Phi) is 6.21. The summed E-state index contributed by atoms with van der Waals surface area (Å²) in [6, 6.07) is 9.33. The minimum atomic E-state index is -4.64. The van der Waals surface area contributed by atoms with Gasteiger partial charge in [-0.15, -0.1) is 0 Å². The predicted molar refractivity (Wildman–Crippen MR) is 107 cm³/mol. The molecule has 0 aliphatic heterocycles. The number of anilines is 1. The number of carbonyl (C=O) groups is 1. The van der Waals surface area contributed by atoms with Gasteiger partial charge in [-0.2, -0.15) is 23.4 Å². The number of carbonyl (C=O) groups excluding carboxylic acids is 1. The highest BCUT2D eigenvalue weighted by atomic mass is 35.5. The lowest BCUT2D eigenvalue weighted by Gasteiger charge is -2.09. The van der Waals surface area contributed by atoms with Gasteiger partial charge in [0.1, 0.15) is 0 Å². The number of nitrogens with zero attached hydrogens (tertiary/aromatic N) is 4. The van der Waals surface area contributed by atoms with Crippen LogP contribution in [0.2, 0.25) is 5.02 Å². The molecule has 0 saturated heterocycles. The molecule has 3 aromatic rings. The van der Waals surface area contributed by atoms with Crippen molar-refractivity contribution >= 4 is 23.2 Å². The van der Waals surface area contributed by atoms with Crippen LogP contribution in [-0.2, 0) is 24.1 Å². The fourth-order valence-corrected chi connectivity index (χ4v) is 3.35. The van der Waals surface area contributed by atoms with Crippen LogP contribution < -0.4 is 5.32 Å². The van der Waals surface area contributed by atoms with Gasteiger partial charge in [0.05, 0.1) is 29.5 Å². The molecular formula is C20H21ClF3N5O. The largest absolute Gasteiger partial charge is 0.436 e. The van der Waals surface area contributed by atoms with E-state index in [-0.39, 0.29) is 24.6 Å². The topological polar surface area (TPSA) is 64.7 Å². The molecule has 2 heterocycles. The second-order valence-electron chi connectivity index (χ2n) is 7.05. The zero-order chi connectivity index (χ0) is 22.1. The van der Waals surface area contributed by atoms with Crippen molar-refractivity contribution in [1.82, 2.24) is 19.6 Å². The lowest BCUT2D eigenvalue weighted by atomic mass is 10.2. The Morgan fingerprint density at radius 1 is 1.13 bits per heavy atom. The molecule has 0 spiro atoms. The summed E-state index contributed by atoms with van der Waals surface area (Å²) < 4.78 is 41.7. The van der Waals surface area contributed by atoms with Crippen LogP contribution in [0.3, 0.4) is 0 Å². The van der Waals surface area contributed by atoms with Crippen LogP contribution in [0.4, 0.5) is 18.9 Å². The van der Waals surface area contributed by atoms with E-state index >= 15 is 0 Å². The lowest BCUT2D eigenvalue weighted by molar-refractivity contribution is -0.141. The average Bonchev–Trinajstić information content (AvgIpc) is 3.12. The number of benzene rings is 1. The fourth-order valence-electron chi connectivity index (χ4n) is 3.11. The molecule has 1 N–H and O–H groups in total. The SMILES string of the molecule is Cc1cc(C)n(Cc2cccc(NC(=O)CCn3nc(C(F)(F)F)c(Cl)c3C)c2)n1. The Labute approximate surface area is 176 Å². The summed E-state index contributed by atoms with van der Waals surface area (Å²) in [5.74, 6) is -0.335. The number of hydrogen-bond acceptors (Lipinski definition) is 3. The molecular weight excluding hydrogens is 419 g/mol. The monoisotopic (exact) mass is 439 g/mol. The van der Waals surface area contributed by atoms with E-state index in [1.807, 2.05) is 42.8 Å². The van der Waals surface area contributed by atoms with Gasteiger partial charge in [0.25, 0.3) is 0 Å². The van der Waals surface area contributed by atoms with Crippen LogP contribution >= 0.6 is 11.6 Å². The first-order chi connectivity index (χ1) is 14.0. The minimum absolute atomic E-state index is 0.0150. The van der Waals surface area contributed by atoms with Crippen LogP contribution in [0.5, 0.6) is 0 Å². The quantitative estimate of drug-likeness (QED) is 0.602. The highest BCUT2D eigenvalue weighted by Gasteiger charge is 2.38. The smallest absolute Gasteiger partial charge is 0.326 e. The van der Waals surface area contributed by atoms with Gasteiger partial charge in [-0.1, -0.05) is 23.7 Å². The van der Waals surface area contributed by atoms with E-state index in [1.54, 1.807) is 6.07 Å². The molecule has 3 rings (SSSR count). The van der Waals surface area contributed by atoms with Gasteiger partial charge in [-0.3, -0.25) is 14.2 Å². The number of halogens is 4. The normalized spacial score (nSPS) is 11.7. The molecule has 0 radical (unpaired) electrons. The summed E-state index contributed by atoms with van der Waals surface area (Å²) in [6.07, 6.45) is -4.68. The zero-order valence-corrected chi connectivity index (χ0v) is 17.5. The molecule has 160 valence electrons. The number of aromatic nitrogens is 4. The minimum Gasteiger partial charge on any atom is -0.326 e. The Morgan fingerprint density at radius 2 is 1.87 bits per heavy atom. The average molecular weight is 440 g/mol. The van der Waals surface area contributed by atoms with Crippen LogP contribution in [0.15, 0.2) is 30.3 Å². The first kappa shape index (κ1) is 21.9. The molecule has 10 heteroatoms. The Balaban J connectivity index is 1.62. The van der Waals surface area contributed by atoms with Gasteiger partial charge in [0, 0.05) is 17.8 Å². The van der Waals surface area contributed by atoms with Crippen molar-refractivity contribution in [3.63, 3.8) is 0 Å². The molecule has 0 saturated carbocycles. The molecule has 30 heavy (non-hydrogen) atoms. The number of amides is 1. The highest BCUT2D eigenvalue weighted by Crippen LogP contribution is 2.35. The summed E-state index contributed by atoms with van der Waals surface area (Å²) >= 11 is 5.73. The zero-order valence-electron chi connectivity index (χ0n) is 16.7. The molecule has 1 amide bonds. The second kappa shape index (κ2) is 8.51. The second-order valence-corrected chi connectivity index (χ2v) is 7.43. The van der Waals surface area contributed by atoms with E-state index in [4.69, 9.17) is 11.6 Å². The number of aryl methyl sites for hydroxylation is 3. The summed E-state index contributed by atoms with van der Waals surface area (Å²) in [4.78, 5) is 12.3. The maximum absolute atomic E-state index is 12.9. The highest BCUT2D eigenvalue weighted by molar-refractivity contribution is 6.31. The third kappa shape index (κ3) is 5.02. The first-order valence-electron chi connectivity index (χ1n) is 9.24. The van der Waals surface area contributed by atoms with E-state index in [2.05, 4.69) is 15.5 Å². The maximum atomic E-state index is 12.9. The Bertz CT molecular complexity index is 1070. The molecule has 0 unspecified atom stereocenters. The van der Waals surface area contributed by atoms with Crippen molar-refractivity contribution in [2.75, 3.05) is 5.32 Å². The number of nitrogens with one attached hydrogen (secondary N) is 1. The molecule has 1 aromatic carbocycles. The predicted octanol–water partition coefficient (Wildman–Crippen LogP) is 4.75. The fraction of sp³-hybridized carbons (Fsp3) is 0.350. The van der Waals surface area contributed by atoms with Crippen molar-refractivity contribution in [2.24, 2.45) is 0 Å². The molecule has 0 atom stereocenters. The summed E-state index contributed by atoms with van der Waals surface area (Å²) in [5, 5.41) is 10.2. The third-order valence-corrected chi connectivity index (χ3v) is 5.05. The van der Waals surface area contributed by atoms with E-state index in [1.165, 1.54) is 6.92 Å². The summed E-state index contributed by atoms with van der Waals surface area (Å²) in [5.41, 5.74) is 2.56. The van der Waals surface area contributed by atoms with Crippen LogP contribution in [0, 0.1) is 20.8 Å². The molecule has 2 aromatic heterocycles. The van der Waals surface area contributed by atoms with E-state index < -0.39 is 16.9 Å². The summed E-state index contributed by atoms with van der Waals surface area (Å²) in [7, 11) is 0. The first-order valence-corrected chi connectivity index (χ1v) is 9.62.